The van der Waals surface area contributed by atoms with Gasteiger partial charge >= 0.3 is 6.09 Å². The van der Waals surface area contributed by atoms with Crippen LogP contribution in [0, 0.1) is 5.41 Å². The second-order valence-electron chi connectivity index (χ2n) is 2.20. The van der Waals surface area contributed by atoms with E-state index in [4.69, 9.17) is 5.41 Å². The number of carbonyl (C=O) groups is 2. The SMILES string of the molecule is CC(=N)C(=O)N1CCOC1=O. The van der Waals surface area contributed by atoms with Gasteiger partial charge in [-0.25, -0.2) is 9.69 Å². The van der Waals surface area contributed by atoms with E-state index in [2.05, 4.69) is 4.74 Å². The van der Waals surface area contributed by atoms with Crippen LogP contribution in [0.1, 0.15) is 6.92 Å². The van der Waals surface area contributed by atoms with Gasteiger partial charge < -0.3 is 4.74 Å². The molecule has 0 radical (unpaired) electrons. The summed E-state index contributed by atoms with van der Waals surface area (Å²) in [5, 5.41) is 6.96. The molecule has 0 bridgehead atoms. The summed E-state index contributed by atoms with van der Waals surface area (Å²) in [4.78, 5) is 22.6. The highest BCUT2D eigenvalue weighted by Gasteiger charge is 2.28. The minimum absolute atomic E-state index is 0.149. The van der Waals surface area contributed by atoms with E-state index in [9.17, 15) is 9.59 Å². The summed E-state index contributed by atoms with van der Waals surface area (Å²) in [7, 11) is 0. The first-order chi connectivity index (χ1) is 5.13. The summed E-state index contributed by atoms with van der Waals surface area (Å²) >= 11 is 0. The topological polar surface area (TPSA) is 70.5 Å². The summed E-state index contributed by atoms with van der Waals surface area (Å²) in [6.45, 7) is 1.83. The van der Waals surface area contributed by atoms with Crippen molar-refractivity contribution in [1.29, 1.82) is 5.41 Å². The Morgan fingerprint density at radius 3 is 2.73 bits per heavy atom. The fraction of sp³-hybridized carbons (Fsp3) is 0.500. The van der Waals surface area contributed by atoms with Crippen molar-refractivity contribution in [2.75, 3.05) is 13.2 Å². The number of hydrogen-bond donors (Lipinski definition) is 1. The number of nitrogens with one attached hydrogen (secondary N) is 1. The zero-order valence-corrected chi connectivity index (χ0v) is 6.09. The number of cyclic esters (lactones) is 1. The predicted molar refractivity (Wildman–Crippen MR) is 36.5 cm³/mol. The third kappa shape index (κ3) is 1.36. The van der Waals surface area contributed by atoms with E-state index in [0.29, 0.717) is 0 Å². The van der Waals surface area contributed by atoms with Crippen molar-refractivity contribution in [2.24, 2.45) is 0 Å². The molecule has 1 aliphatic heterocycles. The summed E-state index contributed by atoms with van der Waals surface area (Å²) in [5.74, 6) is -0.576. The maximum atomic E-state index is 11.0. The van der Waals surface area contributed by atoms with Gasteiger partial charge in [-0.15, -0.1) is 0 Å². The lowest BCUT2D eigenvalue weighted by molar-refractivity contribution is -0.121. The quantitative estimate of drug-likeness (QED) is 0.543. The molecule has 2 amide bonds. The molecule has 60 valence electrons. The molecule has 1 aliphatic rings. The van der Waals surface area contributed by atoms with Gasteiger partial charge in [0.25, 0.3) is 5.91 Å². The normalized spacial score (nSPS) is 16.5. The molecular formula is C6H8N2O3. The molecular weight excluding hydrogens is 148 g/mol. The first kappa shape index (κ1) is 7.71. The fourth-order valence-electron chi connectivity index (χ4n) is 0.780. The molecule has 5 nitrogen and oxygen atoms in total. The Morgan fingerprint density at radius 1 is 1.73 bits per heavy atom. The van der Waals surface area contributed by atoms with Gasteiger partial charge in [0, 0.05) is 0 Å². The molecule has 1 rings (SSSR count). The second kappa shape index (κ2) is 2.69. The van der Waals surface area contributed by atoms with E-state index in [1.165, 1.54) is 6.92 Å². The second-order valence-corrected chi connectivity index (χ2v) is 2.20. The summed E-state index contributed by atoms with van der Waals surface area (Å²) < 4.78 is 4.51. The molecule has 5 heteroatoms. The van der Waals surface area contributed by atoms with E-state index in [1.807, 2.05) is 0 Å². The zero-order chi connectivity index (χ0) is 8.43. The predicted octanol–water partition coefficient (Wildman–Crippen LogP) is 0.00487. The van der Waals surface area contributed by atoms with Crippen LogP contribution in [-0.4, -0.2) is 35.8 Å². The number of rotatable bonds is 1. The maximum absolute atomic E-state index is 11.0. The van der Waals surface area contributed by atoms with E-state index < -0.39 is 12.0 Å². The van der Waals surface area contributed by atoms with Crippen LogP contribution in [0.3, 0.4) is 0 Å². The highest BCUT2D eigenvalue weighted by atomic mass is 16.6. The Hall–Kier alpha value is -1.39. The van der Waals surface area contributed by atoms with E-state index >= 15 is 0 Å². The molecule has 11 heavy (non-hydrogen) atoms. The van der Waals surface area contributed by atoms with E-state index in [0.717, 1.165) is 4.90 Å². The van der Waals surface area contributed by atoms with Crippen LogP contribution in [-0.2, 0) is 9.53 Å². The van der Waals surface area contributed by atoms with Gasteiger partial charge in [-0.05, 0) is 6.92 Å². The fourth-order valence-corrected chi connectivity index (χ4v) is 0.780. The van der Waals surface area contributed by atoms with Gasteiger partial charge in [0.05, 0.1) is 12.3 Å². The first-order valence-corrected chi connectivity index (χ1v) is 3.16. The van der Waals surface area contributed by atoms with Crippen LogP contribution >= 0.6 is 0 Å². The summed E-state index contributed by atoms with van der Waals surface area (Å²) in [6.07, 6.45) is -0.651. The number of ether oxygens (including phenoxy) is 1. The molecule has 0 spiro atoms. The molecule has 1 fully saturated rings. The Kier molecular flexibility index (Phi) is 1.89. The molecule has 1 saturated heterocycles. The van der Waals surface area contributed by atoms with Crippen molar-refractivity contribution in [1.82, 2.24) is 4.90 Å². The molecule has 0 aromatic rings. The highest BCUT2D eigenvalue weighted by molar-refractivity contribution is 6.38. The number of imide groups is 1. The lowest BCUT2D eigenvalue weighted by atomic mass is 10.4. The Morgan fingerprint density at radius 2 is 2.36 bits per heavy atom. The molecule has 1 N–H and O–H groups in total. The van der Waals surface area contributed by atoms with Crippen molar-refractivity contribution >= 4 is 17.7 Å². The minimum Gasteiger partial charge on any atom is -0.447 e. The average molecular weight is 156 g/mol. The smallest absolute Gasteiger partial charge is 0.417 e. The summed E-state index contributed by atoms with van der Waals surface area (Å²) in [5.41, 5.74) is -0.149. The van der Waals surface area contributed by atoms with E-state index in [-0.39, 0.29) is 18.9 Å². The first-order valence-electron chi connectivity index (χ1n) is 3.16. The molecule has 0 unspecified atom stereocenters. The van der Waals surface area contributed by atoms with Gasteiger partial charge in [0.1, 0.15) is 6.61 Å². The van der Waals surface area contributed by atoms with Gasteiger partial charge in [-0.1, -0.05) is 0 Å². The average Bonchev–Trinajstić information content (AvgIpc) is 2.33. The standard InChI is InChI=1S/C6H8N2O3/c1-4(7)5(9)8-2-3-11-6(8)10/h7H,2-3H2,1H3. The van der Waals surface area contributed by atoms with Gasteiger partial charge in [0.2, 0.25) is 0 Å². The van der Waals surface area contributed by atoms with Crippen molar-refractivity contribution in [2.45, 2.75) is 6.92 Å². The van der Waals surface area contributed by atoms with Gasteiger partial charge in [-0.3, -0.25) is 10.2 Å². The van der Waals surface area contributed by atoms with Gasteiger partial charge in [-0.2, -0.15) is 0 Å². The van der Waals surface area contributed by atoms with Crippen molar-refractivity contribution in [3.63, 3.8) is 0 Å². The lowest BCUT2D eigenvalue weighted by Gasteiger charge is -2.07. The Balaban J connectivity index is 2.67. The number of carbonyl (C=O) groups excluding carboxylic acids is 2. The number of hydrogen-bond acceptors (Lipinski definition) is 4. The molecule has 1 heterocycles. The third-order valence-electron chi connectivity index (χ3n) is 1.33. The van der Waals surface area contributed by atoms with Crippen LogP contribution in [0.5, 0.6) is 0 Å². The van der Waals surface area contributed by atoms with Crippen LogP contribution in [0.15, 0.2) is 0 Å². The van der Waals surface area contributed by atoms with Crippen molar-refractivity contribution in [3.05, 3.63) is 0 Å². The Bertz CT molecular complexity index is 224. The molecule has 0 aromatic heterocycles. The lowest BCUT2D eigenvalue weighted by Crippen LogP contribution is -2.35. The largest absolute Gasteiger partial charge is 0.447 e. The van der Waals surface area contributed by atoms with Crippen LogP contribution in [0.25, 0.3) is 0 Å². The zero-order valence-electron chi connectivity index (χ0n) is 6.09. The van der Waals surface area contributed by atoms with Crippen LogP contribution in [0.2, 0.25) is 0 Å². The third-order valence-corrected chi connectivity index (χ3v) is 1.33. The van der Waals surface area contributed by atoms with Crippen molar-refractivity contribution in [3.8, 4) is 0 Å². The maximum Gasteiger partial charge on any atom is 0.417 e. The Labute approximate surface area is 63.4 Å². The molecule has 0 aliphatic carbocycles. The van der Waals surface area contributed by atoms with Crippen molar-refractivity contribution < 1.29 is 14.3 Å². The number of nitrogens with zero attached hydrogens (tertiary/aromatic N) is 1. The number of amides is 2. The van der Waals surface area contributed by atoms with E-state index in [1.54, 1.807) is 0 Å². The molecule has 0 atom stereocenters. The van der Waals surface area contributed by atoms with Crippen LogP contribution < -0.4 is 0 Å². The minimum atomic E-state index is -0.651. The van der Waals surface area contributed by atoms with Crippen LogP contribution in [0.4, 0.5) is 4.79 Å². The molecule has 0 aromatic carbocycles. The monoisotopic (exact) mass is 156 g/mol. The summed E-state index contributed by atoms with van der Waals surface area (Å²) in [6, 6.07) is 0. The molecule has 0 saturated carbocycles. The highest BCUT2D eigenvalue weighted by Crippen LogP contribution is 2.03. The van der Waals surface area contributed by atoms with Gasteiger partial charge in [0.15, 0.2) is 0 Å².